The number of rotatable bonds is 4. The van der Waals surface area contributed by atoms with Gasteiger partial charge in [0.15, 0.2) is 0 Å². The van der Waals surface area contributed by atoms with Crippen LogP contribution in [-0.4, -0.2) is 48.1 Å². The molecule has 0 aliphatic carbocycles. The average Bonchev–Trinajstić information content (AvgIpc) is 3.43. The molecule has 0 radical (unpaired) electrons. The Morgan fingerprint density at radius 1 is 1.13 bits per heavy atom. The van der Waals surface area contributed by atoms with E-state index < -0.39 is 5.91 Å². The summed E-state index contributed by atoms with van der Waals surface area (Å²) in [6.07, 6.45) is 4.07. The van der Waals surface area contributed by atoms with Crippen LogP contribution in [0.3, 0.4) is 0 Å². The van der Waals surface area contributed by atoms with Gasteiger partial charge < -0.3 is 15.2 Å². The smallest absolute Gasteiger partial charge is 0.272 e. The number of amides is 2. The van der Waals surface area contributed by atoms with E-state index in [2.05, 4.69) is 14.6 Å². The third-order valence-corrected chi connectivity index (χ3v) is 6.25. The predicted octanol–water partition coefficient (Wildman–Crippen LogP) is 2.09. The first-order valence-electron chi connectivity index (χ1n) is 10.4. The van der Waals surface area contributed by atoms with Crippen molar-refractivity contribution in [2.24, 2.45) is 5.73 Å². The lowest BCUT2D eigenvalue weighted by Gasteiger charge is -2.28. The maximum absolute atomic E-state index is 13.4. The minimum atomic E-state index is -0.527. The number of carbonyl (C=O) groups is 2. The molecule has 0 saturated carbocycles. The fourth-order valence-corrected chi connectivity index (χ4v) is 4.90. The summed E-state index contributed by atoms with van der Waals surface area (Å²) in [5.74, 6) is 0.209. The first-order valence-corrected chi connectivity index (χ1v) is 10.4. The Balaban J connectivity index is 1.57. The number of benzene rings is 1. The number of imidazole rings is 1. The molecule has 2 atom stereocenters. The molecule has 3 aromatic rings. The van der Waals surface area contributed by atoms with Gasteiger partial charge in [-0.2, -0.15) is 5.10 Å². The van der Waals surface area contributed by atoms with Crippen LogP contribution in [0.25, 0.3) is 11.4 Å². The van der Waals surface area contributed by atoms with Gasteiger partial charge in [-0.1, -0.05) is 30.3 Å². The summed E-state index contributed by atoms with van der Waals surface area (Å²) in [7, 11) is 0. The number of nitrogens with two attached hydrogens (primary N) is 1. The van der Waals surface area contributed by atoms with Crippen LogP contribution < -0.4 is 5.73 Å². The Hall–Kier alpha value is -3.42. The molecule has 0 unspecified atom stereocenters. The van der Waals surface area contributed by atoms with Gasteiger partial charge in [-0.3, -0.25) is 14.3 Å². The van der Waals surface area contributed by atoms with E-state index in [1.54, 1.807) is 16.9 Å². The summed E-state index contributed by atoms with van der Waals surface area (Å²) in [4.78, 5) is 32.2. The normalized spacial score (nSPS) is 20.1. The van der Waals surface area contributed by atoms with Gasteiger partial charge in [0.05, 0.1) is 11.7 Å². The van der Waals surface area contributed by atoms with Gasteiger partial charge >= 0.3 is 0 Å². The van der Waals surface area contributed by atoms with Crippen LogP contribution in [0.4, 0.5) is 0 Å². The van der Waals surface area contributed by atoms with Crippen molar-refractivity contribution < 1.29 is 9.59 Å². The van der Waals surface area contributed by atoms with E-state index >= 15 is 0 Å². The molecule has 2 amide bonds. The Morgan fingerprint density at radius 2 is 1.90 bits per heavy atom. The highest BCUT2D eigenvalue weighted by Crippen LogP contribution is 2.36. The SMILES string of the molecule is CCn1nccc1C(=O)N1[C@@H]2CC[C@H]1Cc1c(C(N)=O)nc(-c3ccccc3)n1C2. The molecule has 1 aromatic carbocycles. The van der Waals surface area contributed by atoms with E-state index in [1.165, 1.54) is 0 Å². The highest BCUT2D eigenvalue weighted by Gasteiger charge is 2.43. The number of aromatic nitrogens is 4. The van der Waals surface area contributed by atoms with E-state index in [4.69, 9.17) is 5.73 Å². The van der Waals surface area contributed by atoms with Gasteiger partial charge in [0, 0.05) is 37.3 Å². The summed E-state index contributed by atoms with van der Waals surface area (Å²) in [5, 5.41) is 4.26. The van der Waals surface area contributed by atoms with Crippen molar-refractivity contribution in [3.63, 3.8) is 0 Å². The molecule has 30 heavy (non-hydrogen) atoms. The fraction of sp³-hybridized carbons (Fsp3) is 0.364. The number of fused-ring (bicyclic) bond motifs is 3. The van der Waals surface area contributed by atoms with Crippen LogP contribution in [-0.2, 0) is 19.5 Å². The van der Waals surface area contributed by atoms with Crippen LogP contribution in [0, 0.1) is 0 Å². The van der Waals surface area contributed by atoms with Crippen molar-refractivity contribution in [1.82, 2.24) is 24.2 Å². The second kappa shape index (κ2) is 7.12. The standard InChI is InChI=1S/C22H24N6O2/c1-2-27-17(10-11-24-27)22(30)28-15-8-9-16(28)13-26-18(12-15)19(20(23)29)25-21(26)14-6-4-3-5-7-14/h3-7,10-11,15-16H,2,8-9,12-13H2,1H3,(H2,23,29)/t15-,16+/m0/s1. The molecule has 4 heterocycles. The fourth-order valence-electron chi connectivity index (χ4n) is 4.90. The molecular formula is C22H24N6O2. The molecule has 2 bridgehead atoms. The zero-order valence-electron chi connectivity index (χ0n) is 16.9. The van der Waals surface area contributed by atoms with E-state index in [-0.39, 0.29) is 18.0 Å². The molecule has 5 rings (SSSR count). The third-order valence-electron chi connectivity index (χ3n) is 6.25. The Morgan fingerprint density at radius 3 is 2.63 bits per heavy atom. The maximum Gasteiger partial charge on any atom is 0.272 e. The van der Waals surface area contributed by atoms with Gasteiger partial charge in [0.1, 0.15) is 17.2 Å². The molecule has 1 fully saturated rings. The number of nitrogens with zero attached hydrogens (tertiary/aromatic N) is 5. The third kappa shape index (κ3) is 2.82. The highest BCUT2D eigenvalue weighted by atomic mass is 16.2. The summed E-state index contributed by atoms with van der Waals surface area (Å²) in [5.41, 5.74) is 8.37. The van der Waals surface area contributed by atoms with Crippen molar-refractivity contribution in [2.75, 3.05) is 0 Å². The van der Waals surface area contributed by atoms with Crippen molar-refractivity contribution in [2.45, 2.75) is 51.4 Å². The van der Waals surface area contributed by atoms with Crippen LogP contribution in [0.2, 0.25) is 0 Å². The molecule has 154 valence electrons. The summed E-state index contributed by atoms with van der Waals surface area (Å²) < 4.78 is 3.83. The molecule has 8 nitrogen and oxygen atoms in total. The van der Waals surface area contributed by atoms with Crippen molar-refractivity contribution in [3.8, 4) is 11.4 Å². The van der Waals surface area contributed by atoms with Crippen molar-refractivity contribution >= 4 is 11.8 Å². The molecule has 2 N–H and O–H groups in total. The largest absolute Gasteiger partial charge is 0.364 e. The number of carbonyl (C=O) groups excluding carboxylic acids is 2. The lowest BCUT2D eigenvalue weighted by molar-refractivity contribution is 0.0653. The van der Waals surface area contributed by atoms with E-state index in [1.807, 2.05) is 42.2 Å². The van der Waals surface area contributed by atoms with Crippen LogP contribution in [0.1, 0.15) is 46.4 Å². The molecule has 2 aliphatic heterocycles. The predicted molar refractivity (Wildman–Crippen MR) is 111 cm³/mol. The van der Waals surface area contributed by atoms with Gasteiger partial charge in [0.2, 0.25) is 0 Å². The molecule has 1 saturated heterocycles. The molecule has 0 spiro atoms. The minimum absolute atomic E-state index is 0.00227. The summed E-state index contributed by atoms with van der Waals surface area (Å²) in [6.45, 7) is 3.22. The molecule has 8 heteroatoms. The zero-order chi connectivity index (χ0) is 20.8. The topological polar surface area (TPSA) is 99.0 Å². The van der Waals surface area contributed by atoms with Crippen LogP contribution >= 0.6 is 0 Å². The average molecular weight is 404 g/mol. The summed E-state index contributed by atoms with van der Waals surface area (Å²) >= 11 is 0. The Bertz CT molecular complexity index is 1120. The lowest BCUT2D eigenvalue weighted by Crippen LogP contribution is -2.43. The monoisotopic (exact) mass is 404 g/mol. The van der Waals surface area contributed by atoms with E-state index in [9.17, 15) is 9.59 Å². The van der Waals surface area contributed by atoms with Gasteiger partial charge in [0.25, 0.3) is 11.8 Å². The van der Waals surface area contributed by atoms with Crippen LogP contribution in [0.5, 0.6) is 0 Å². The van der Waals surface area contributed by atoms with Crippen molar-refractivity contribution in [1.29, 1.82) is 0 Å². The molecule has 2 aliphatic rings. The summed E-state index contributed by atoms with van der Waals surface area (Å²) in [6, 6.07) is 11.6. The van der Waals surface area contributed by atoms with Crippen LogP contribution in [0.15, 0.2) is 42.6 Å². The second-order valence-corrected chi connectivity index (χ2v) is 7.91. The number of hydrogen-bond donors (Lipinski definition) is 1. The van der Waals surface area contributed by atoms with E-state index in [0.29, 0.717) is 30.9 Å². The first kappa shape index (κ1) is 18.6. The number of primary amides is 1. The lowest BCUT2D eigenvalue weighted by atomic mass is 10.1. The first-order chi connectivity index (χ1) is 14.6. The van der Waals surface area contributed by atoms with Crippen molar-refractivity contribution in [3.05, 3.63) is 59.7 Å². The van der Waals surface area contributed by atoms with E-state index in [0.717, 1.165) is 29.9 Å². The molecule has 2 aromatic heterocycles. The highest BCUT2D eigenvalue weighted by molar-refractivity contribution is 5.94. The van der Waals surface area contributed by atoms with Gasteiger partial charge in [-0.15, -0.1) is 0 Å². The quantitative estimate of drug-likeness (QED) is 0.720. The van der Waals surface area contributed by atoms with Gasteiger partial charge in [-0.25, -0.2) is 4.98 Å². The molecular weight excluding hydrogens is 380 g/mol. The zero-order valence-corrected chi connectivity index (χ0v) is 16.9. The van der Waals surface area contributed by atoms with Gasteiger partial charge in [-0.05, 0) is 25.8 Å². The Labute approximate surface area is 174 Å². The number of aryl methyl sites for hydroxylation is 1. The minimum Gasteiger partial charge on any atom is -0.364 e. The second-order valence-electron chi connectivity index (χ2n) is 7.91. The number of hydrogen-bond acceptors (Lipinski definition) is 4. The Kier molecular flexibility index (Phi) is 4.42. The maximum atomic E-state index is 13.4.